The maximum Gasteiger partial charge on any atom is 0.273 e. The van der Waals surface area contributed by atoms with Crippen LogP contribution in [0.3, 0.4) is 0 Å². The Balaban J connectivity index is 1.93. The molecule has 0 aliphatic carbocycles. The number of carbonyl (C=O) groups is 1. The number of hydrogen-bond acceptors (Lipinski definition) is 6. The lowest BCUT2D eigenvalue weighted by Crippen LogP contribution is -2.18. The van der Waals surface area contributed by atoms with E-state index in [1.54, 1.807) is 0 Å². The number of nitriles is 1. The second-order valence-electron chi connectivity index (χ2n) is 5.81. The van der Waals surface area contributed by atoms with Gasteiger partial charge in [-0.2, -0.15) is 5.26 Å². The maximum atomic E-state index is 12.3. The molecule has 0 unspecified atom stereocenters. The molecule has 0 saturated heterocycles. The summed E-state index contributed by atoms with van der Waals surface area (Å²) in [7, 11) is 1.34. The van der Waals surface area contributed by atoms with Gasteiger partial charge in [-0.25, -0.2) is 0 Å². The number of nitrogens with zero attached hydrogens (tertiary/aromatic N) is 2. The molecule has 0 atom stereocenters. The van der Waals surface area contributed by atoms with Crippen molar-refractivity contribution >= 4 is 17.3 Å². The summed E-state index contributed by atoms with van der Waals surface area (Å²) in [6.07, 6.45) is 3.09. The molecule has 2 rings (SSSR count). The molecule has 0 aliphatic heterocycles. The largest absolute Gasteiger partial charge is 0.494 e. The molecule has 0 aliphatic rings. The van der Waals surface area contributed by atoms with Gasteiger partial charge in [-0.1, -0.05) is 30.3 Å². The van der Waals surface area contributed by atoms with Crippen LogP contribution in [0.1, 0.15) is 12.0 Å². The summed E-state index contributed by atoms with van der Waals surface area (Å²) in [6, 6.07) is 15.6. The Bertz CT molecular complexity index is 904. The van der Waals surface area contributed by atoms with E-state index >= 15 is 0 Å². The molecule has 8 heteroatoms. The predicted molar refractivity (Wildman–Crippen MR) is 105 cm³/mol. The Labute approximate surface area is 162 Å². The second kappa shape index (κ2) is 10.3. The van der Waals surface area contributed by atoms with Crippen LogP contribution in [0.15, 0.2) is 60.3 Å². The molecule has 28 heavy (non-hydrogen) atoms. The van der Waals surface area contributed by atoms with Crippen LogP contribution in [0.25, 0.3) is 0 Å². The Morgan fingerprint density at radius 2 is 2.04 bits per heavy atom. The summed E-state index contributed by atoms with van der Waals surface area (Å²) in [4.78, 5) is 22.5. The molecule has 2 aromatic rings. The van der Waals surface area contributed by atoms with E-state index in [1.807, 2.05) is 36.4 Å². The first-order valence-electron chi connectivity index (χ1n) is 8.56. The third-order valence-corrected chi connectivity index (χ3v) is 3.88. The van der Waals surface area contributed by atoms with Crippen LogP contribution in [-0.4, -0.2) is 24.5 Å². The molecule has 144 valence electrons. The lowest BCUT2D eigenvalue weighted by atomic mass is 10.1. The van der Waals surface area contributed by atoms with Crippen LogP contribution in [0.2, 0.25) is 0 Å². The molecule has 0 heterocycles. The van der Waals surface area contributed by atoms with Crippen LogP contribution in [0, 0.1) is 21.4 Å². The standard InChI is InChI=1S/C20H20N4O4/c1-28-19-12-17(24(26)27)9-10-18(19)23-20(25)16(13-21)14-22-11-5-8-15-6-3-2-4-7-15/h2-4,6-7,9-10,12,14,22H,5,8,11H2,1H3,(H,23,25)/b16-14-. The summed E-state index contributed by atoms with van der Waals surface area (Å²) in [6.45, 7) is 0.605. The van der Waals surface area contributed by atoms with Gasteiger partial charge in [0.15, 0.2) is 0 Å². The highest BCUT2D eigenvalue weighted by Gasteiger charge is 2.15. The fourth-order valence-electron chi connectivity index (χ4n) is 2.45. The zero-order valence-corrected chi connectivity index (χ0v) is 15.3. The Morgan fingerprint density at radius 3 is 2.68 bits per heavy atom. The van der Waals surface area contributed by atoms with Crippen LogP contribution in [-0.2, 0) is 11.2 Å². The van der Waals surface area contributed by atoms with Crippen molar-refractivity contribution in [1.29, 1.82) is 5.26 Å². The van der Waals surface area contributed by atoms with Gasteiger partial charge in [-0.05, 0) is 24.5 Å². The monoisotopic (exact) mass is 380 g/mol. The quantitative estimate of drug-likeness (QED) is 0.227. The van der Waals surface area contributed by atoms with Crippen molar-refractivity contribution in [3.63, 3.8) is 0 Å². The van der Waals surface area contributed by atoms with Crippen molar-refractivity contribution in [1.82, 2.24) is 5.32 Å². The zero-order chi connectivity index (χ0) is 20.4. The van der Waals surface area contributed by atoms with Crippen molar-refractivity contribution in [2.45, 2.75) is 12.8 Å². The fourth-order valence-corrected chi connectivity index (χ4v) is 2.45. The maximum absolute atomic E-state index is 12.3. The van der Waals surface area contributed by atoms with Gasteiger partial charge in [0, 0.05) is 18.8 Å². The first kappa shape index (κ1) is 20.5. The van der Waals surface area contributed by atoms with Gasteiger partial charge in [0.2, 0.25) is 0 Å². The van der Waals surface area contributed by atoms with E-state index < -0.39 is 10.8 Å². The topological polar surface area (TPSA) is 117 Å². The number of hydrogen-bond donors (Lipinski definition) is 2. The van der Waals surface area contributed by atoms with Crippen LogP contribution < -0.4 is 15.4 Å². The number of anilines is 1. The van der Waals surface area contributed by atoms with Gasteiger partial charge in [0.25, 0.3) is 11.6 Å². The number of methoxy groups -OCH3 is 1. The number of rotatable bonds is 9. The molecule has 0 bridgehead atoms. The van der Waals surface area contributed by atoms with Gasteiger partial charge in [0.1, 0.15) is 17.4 Å². The lowest BCUT2D eigenvalue weighted by molar-refractivity contribution is -0.384. The molecule has 0 aromatic heterocycles. The highest BCUT2D eigenvalue weighted by Crippen LogP contribution is 2.29. The number of amides is 1. The first-order chi connectivity index (χ1) is 13.5. The highest BCUT2D eigenvalue weighted by molar-refractivity contribution is 6.07. The summed E-state index contributed by atoms with van der Waals surface area (Å²) in [5, 5.41) is 25.5. The number of carbonyl (C=O) groups excluding carboxylic acids is 1. The van der Waals surface area contributed by atoms with E-state index in [9.17, 15) is 20.2 Å². The Hall–Kier alpha value is -3.86. The van der Waals surface area contributed by atoms with Crippen LogP contribution in [0.5, 0.6) is 5.75 Å². The Morgan fingerprint density at radius 1 is 1.29 bits per heavy atom. The van der Waals surface area contributed by atoms with Crippen molar-refractivity contribution in [2.75, 3.05) is 19.0 Å². The highest BCUT2D eigenvalue weighted by atomic mass is 16.6. The van der Waals surface area contributed by atoms with E-state index in [-0.39, 0.29) is 22.7 Å². The third-order valence-electron chi connectivity index (χ3n) is 3.88. The average molecular weight is 380 g/mol. The normalized spacial score (nSPS) is 10.6. The molecule has 0 spiro atoms. The molecular formula is C20H20N4O4. The number of aryl methyl sites for hydroxylation is 1. The van der Waals surface area contributed by atoms with Crippen LogP contribution in [0.4, 0.5) is 11.4 Å². The van der Waals surface area contributed by atoms with Crippen molar-refractivity contribution in [3.05, 3.63) is 76.0 Å². The van der Waals surface area contributed by atoms with Gasteiger partial charge < -0.3 is 15.4 Å². The SMILES string of the molecule is COc1cc([N+](=O)[O-])ccc1NC(=O)/C(C#N)=C\NCCCc1ccccc1. The first-order valence-corrected chi connectivity index (χ1v) is 8.56. The molecule has 2 aromatic carbocycles. The van der Waals surface area contributed by atoms with Gasteiger partial charge in [-0.3, -0.25) is 14.9 Å². The molecule has 2 N–H and O–H groups in total. The van der Waals surface area contributed by atoms with E-state index in [4.69, 9.17) is 4.74 Å². The Kier molecular flexibility index (Phi) is 7.54. The minimum absolute atomic E-state index is 0.111. The zero-order valence-electron chi connectivity index (χ0n) is 15.3. The minimum Gasteiger partial charge on any atom is -0.494 e. The number of benzene rings is 2. The summed E-state index contributed by atoms with van der Waals surface area (Å²) < 4.78 is 5.07. The molecule has 8 nitrogen and oxygen atoms in total. The smallest absolute Gasteiger partial charge is 0.273 e. The van der Waals surface area contributed by atoms with Crippen molar-refractivity contribution in [3.8, 4) is 11.8 Å². The number of nitro benzene ring substituents is 1. The number of non-ortho nitro benzene ring substituents is 1. The second-order valence-corrected chi connectivity index (χ2v) is 5.81. The van der Waals surface area contributed by atoms with E-state index in [0.717, 1.165) is 12.8 Å². The van der Waals surface area contributed by atoms with Gasteiger partial charge in [0.05, 0.1) is 23.8 Å². The van der Waals surface area contributed by atoms with E-state index in [0.29, 0.717) is 6.54 Å². The van der Waals surface area contributed by atoms with Crippen molar-refractivity contribution in [2.24, 2.45) is 0 Å². The van der Waals surface area contributed by atoms with Crippen LogP contribution >= 0.6 is 0 Å². The summed E-state index contributed by atoms with van der Waals surface area (Å²) in [5.74, 6) is -0.499. The molecule has 0 radical (unpaired) electrons. The van der Waals surface area contributed by atoms with E-state index in [2.05, 4.69) is 10.6 Å². The van der Waals surface area contributed by atoms with E-state index in [1.165, 1.54) is 37.1 Å². The molecule has 1 amide bonds. The van der Waals surface area contributed by atoms with Gasteiger partial charge in [-0.15, -0.1) is 0 Å². The third kappa shape index (κ3) is 5.85. The average Bonchev–Trinajstić information content (AvgIpc) is 2.71. The molecular weight excluding hydrogens is 360 g/mol. The summed E-state index contributed by atoms with van der Waals surface area (Å²) in [5.41, 5.74) is 1.19. The number of nitrogens with one attached hydrogen (secondary N) is 2. The lowest BCUT2D eigenvalue weighted by Gasteiger charge is -2.09. The number of nitro groups is 1. The molecule has 0 saturated carbocycles. The van der Waals surface area contributed by atoms with Crippen molar-refractivity contribution < 1.29 is 14.5 Å². The van der Waals surface area contributed by atoms with Gasteiger partial charge >= 0.3 is 0 Å². The molecule has 0 fully saturated rings. The summed E-state index contributed by atoms with van der Waals surface area (Å²) >= 11 is 0. The minimum atomic E-state index is -0.634. The predicted octanol–water partition coefficient (Wildman–Crippen LogP) is 3.17. The number of ether oxygens (including phenoxy) is 1. The fraction of sp³-hybridized carbons (Fsp3) is 0.200.